The molecular formula is C21H19N4+. The Morgan fingerprint density at radius 2 is 1.72 bits per heavy atom. The second-order valence-corrected chi connectivity index (χ2v) is 6.53. The zero-order valence-electron chi connectivity index (χ0n) is 14.5. The number of nitrogens with zero attached hydrogens (tertiary/aromatic N) is 2. The first-order chi connectivity index (χ1) is 12.1. The second kappa shape index (κ2) is 5.64. The third-order valence-corrected chi connectivity index (χ3v) is 4.45. The molecular weight excluding hydrogens is 308 g/mol. The number of para-hydroxylation sites is 2. The van der Waals surface area contributed by atoms with E-state index < -0.39 is 0 Å². The van der Waals surface area contributed by atoms with E-state index in [1.807, 2.05) is 31.2 Å². The Morgan fingerprint density at radius 3 is 2.44 bits per heavy atom. The topological polar surface area (TPSA) is 55.7 Å². The predicted molar refractivity (Wildman–Crippen MR) is 100 cm³/mol. The van der Waals surface area contributed by atoms with Crippen molar-refractivity contribution in [2.45, 2.75) is 20.8 Å². The molecule has 2 N–H and O–H groups in total. The molecule has 4 nitrogen and oxygen atoms in total. The molecule has 0 spiro atoms. The Balaban J connectivity index is 2.01. The summed E-state index contributed by atoms with van der Waals surface area (Å²) in [7, 11) is 0. The van der Waals surface area contributed by atoms with Gasteiger partial charge in [0.25, 0.3) is 0 Å². The van der Waals surface area contributed by atoms with Crippen LogP contribution in [-0.4, -0.2) is 4.98 Å². The minimum atomic E-state index is 0.669. The van der Waals surface area contributed by atoms with E-state index in [-0.39, 0.29) is 0 Å². The van der Waals surface area contributed by atoms with Crippen molar-refractivity contribution in [3.63, 3.8) is 0 Å². The molecule has 4 heteroatoms. The molecule has 4 rings (SSSR count). The summed E-state index contributed by atoms with van der Waals surface area (Å²) in [6, 6.07) is 18.9. The van der Waals surface area contributed by atoms with Gasteiger partial charge in [0.2, 0.25) is 11.5 Å². The molecule has 0 radical (unpaired) electrons. The number of aryl methyl sites for hydroxylation is 3. The number of hydrogen-bond acceptors (Lipinski definition) is 2. The van der Waals surface area contributed by atoms with Crippen LogP contribution in [0.5, 0.6) is 0 Å². The van der Waals surface area contributed by atoms with Gasteiger partial charge in [-0.3, -0.25) is 10.3 Å². The van der Waals surface area contributed by atoms with Gasteiger partial charge in [-0.15, -0.1) is 0 Å². The molecule has 0 fully saturated rings. The number of nitriles is 1. The number of benzene rings is 2. The Kier molecular flexibility index (Phi) is 3.43. The van der Waals surface area contributed by atoms with Gasteiger partial charge in [0.15, 0.2) is 0 Å². The lowest BCUT2D eigenvalue weighted by molar-refractivity contribution is -0.464. The maximum absolute atomic E-state index is 9.59. The molecule has 122 valence electrons. The van der Waals surface area contributed by atoms with Gasteiger partial charge < -0.3 is 0 Å². The summed E-state index contributed by atoms with van der Waals surface area (Å²) in [5.74, 6) is 0.939. The Bertz CT molecular complexity index is 1140. The largest absolute Gasteiger partial charge is 0.273 e. The lowest BCUT2D eigenvalue weighted by Gasteiger charge is -2.08. The molecule has 0 atom stereocenters. The Labute approximate surface area is 146 Å². The van der Waals surface area contributed by atoms with Crippen molar-refractivity contribution < 1.29 is 4.40 Å². The summed E-state index contributed by atoms with van der Waals surface area (Å²) in [4.78, 5) is 3.39. The fourth-order valence-electron chi connectivity index (χ4n) is 3.46. The van der Waals surface area contributed by atoms with Crippen molar-refractivity contribution >= 4 is 28.2 Å². The number of aromatic amines is 1. The Hall–Kier alpha value is -3.32. The molecule has 0 amide bonds. The maximum atomic E-state index is 9.59. The smallest absolute Gasteiger partial charge is 0.250 e. The predicted octanol–water partition coefficient (Wildman–Crippen LogP) is 4.45. The van der Waals surface area contributed by atoms with Crippen LogP contribution in [0.2, 0.25) is 0 Å². The normalized spacial score (nSPS) is 11.0. The van der Waals surface area contributed by atoms with Crippen molar-refractivity contribution in [2.24, 2.45) is 0 Å². The van der Waals surface area contributed by atoms with Crippen LogP contribution in [0.15, 0.2) is 48.5 Å². The summed E-state index contributed by atoms with van der Waals surface area (Å²) in [5, 5.41) is 13.1. The van der Waals surface area contributed by atoms with E-state index in [0.717, 1.165) is 33.7 Å². The molecule has 0 saturated carbocycles. The van der Waals surface area contributed by atoms with Crippen LogP contribution in [0, 0.1) is 32.1 Å². The summed E-state index contributed by atoms with van der Waals surface area (Å²) in [6.45, 7) is 6.16. The van der Waals surface area contributed by atoms with Gasteiger partial charge in [-0.25, -0.2) is 0 Å². The molecule has 0 saturated heterocycles. The number of H-pyrrole nitrogens is 1. The number of imidazole rings is 1. The maximum Gasteiger partial charge on any atom is 0.250 e. The zero-order valence-corrected chi connectivity index (χ0v) is 14.5. The van der Waals surface area contributed by atoms with E-state index >= 15 is 0 Å². The number of pyridine rings is 1. The molecule has 0 aliphatic rings. The quantitative estimate of drug-likeness (QED) is 0.535. The highest BCUT2D eigenvalue weighted by atomic mass is 15.1. The van der Waals surface area contributed by atoms with Gasteiger partial charge in [0.1, 0.15) is 22.7 Å². The van der Waals surface area contributed by atoms with Crippen molar-refractivity contribution in [2.75, 3.05) is 5.32 Å². The monoisotopic (exact) mass is 327 g/mol. The van der Waals surface area contributed by atoms with Crippen molar-refractivity contribution in [3.05, 3.63) is 70.8 Å². The molecule has 2 aromatic carbocycles. The fraction of sp³-hybridized carbons (Fsp3) is 0.143. The van der Waals surface area contributed by atoms with Crippen LogP contribution in [0.25, 0.3) is 16.7 Å². The molecule has 2 aromatic heterocycles. The van der Waals surface area contributed by atoms with Gasteiger partial charge in [0.05, 0.1) is 5.69 Å². The van der Waals surface area contributed by atoms with E-state index in [2.05, 4.69) is 58.9 Å². The molecule has 2 heterocycles. The average Bonchev–Trinajstić information content (AvgIpc) is 2.93. The van der Waals surface area contributed by atoms with Crippen LogP contribution >= 0.6 is 0 Å². The fourth-order valence-corrected chi connectivity index (χ4v) is 3.46. The second-order valence-electron chi connectivity index (χ2n) is 6.53. The third kappa shape index (κ3) is 2.50. The van der Waals surface area contributed by atoms with E-state index in [1.165, 1.54) is 11.1 Å². The number of aromatic nitrogens is 2. The number of anilines is 2. The van der Waals surface area contributed by atoms with E-state index in [9.17, 15) is 5.26 Å². The number of hydrogen-bond donors (Lipinski definition) is 2. The molecule has 0 aliphatic carbocycles. The zero-order chi connectivity index (χ0) is 17.6. The van der Waals surface area contributed by atoms with E-state index in [1.54, 1.807) is 0 Å². The number of fused-ring (bicyclic) bond motifs is 3. The summed E-state index contributed by atoms with van der Waals surface area (Å²) >= 11 is 0. The minimum Gasteiger partial charge on any atom is -0.273 e. The first kappa shape index (κ1) is 15.2. The minimum absolute atomic E-state index is 0.669. The van der Waals surface area contributed by atoms with Gasteiger partial charge in [-0.2, -0.15) is 9.66 Å². The first-order valence-electron chi connectivity index (χ1n) is 8.28. The molecule has 4 aromatic rings. The van der Waals surface area contributed by atoms with Gasteiger partial charge in [-0.1, -0.05) is 18.2 Å². The Morgan fingerprint density at radius 1 is 1.00 bits per heavy atom. The molecule has 0 aliphatic heterocycles. The van der Waals surface area contributed by atoms with Crippen LogP contribution < -0.4 is 9.72 Å². The van der Waals surface area contributed by atoms with Crippen LogP contribution in [0.4, 0.5) is 11.5 Å². The molecule has 0 unspecified atom stereocenters. The van der Waals surface area contributed by atoms with Crippen molar-refractivity contribution in [1.29, 1.82) is 5.26 Å². The standard InChI is InChI=1S/C21H18N4/c1-13-8-14(2)10-16(9-13)23-20-11-15(3)17(12-22)21-24-18-6-4-5-7-19(18)25(20)21/h4-11H,1-3H3,(H,23,24)/p+1. The summed E-state index contributed by atoms with van der Waals surface area (Å²) < 4.78 is 2.08. The first-order valence-corrected chi connectivity index (χ1v) is 8.28. The SMILES string of the molecule is Cc1cc(C)cc(Nc2cc(C)c(C#N)c3[nH]c4ccccc4[n+]23)c1. The molecule has 0 bridgehead atoms. The van der Waals surface area contributed by atoms with Gasteiger partial charge >= 0.3 is 0 Å². The van der Waals surface area contributed by atoms with Crippen LogP contribution in [-0.2, 0) is 0 Å². The van der Waals surface area contributed by atoms with Crippen molar-refractivity contribution in [1.82, 2.24) is 4.98 Å². The highest BCUT2D eigenvalue weighted by molar-refractivity contribution is 5.77. The van der Waals surface area contributed by atoms with Gasteiger partial charge in [0, 0.05) is 6.07 Å². The van der Waals surface area contributed by atoms with Crippen LogP contribution in [0.3, 0.4) is 0 Å². The number of nitrogens with one attached hydrogen (secondary N) is 2. The lowest BCUT2D eigenvalue weighted by atomic mass is 10.1. The van der Waals surface area contributed by atoms with E-state index in [4.69, 9.17) is 0 Å². The lowest BCUT2D eigenvalue weighted by Crippen LogP contribution is -2.26. The van der Waals surface area contributed by atoms with Gasteiger partial charge in [-0.05, 0) is 61.7 Å². The average molecular weight is 327 g/mol. The summed E-state index contributed by atoms with van der Waals surface area (Å²) in [6.07, 6.45) is 0. The highest BCUT2D eigenvalue weighted by Gasteiger charge is 2.20. The van der Waals surface area contributed by atoms with E-state index in [0.29, 0.717) is 5.56 Å². The molecule has 25 heavy (non-hydrogen) atoms. The van der Waals surface area contributed by atoms with Crippen LogP contribution in [0.1, 0.15) is 22.3 Å². The third-order valence-electron chi connectivity index (χ3n) is 4.45. The number of rotatable bonds is 2. The van der Waals surface area contributed by atoms with Crippen molar-refractivity contribution in [3.8, 4) is 6.07 Å². The highest BCUT2D eigenvalue weighted by Crippen LogP contribution is 2.23. The summed E-state index contributed by atoms with van der Waals surface area (Å²) in [5.41, 5.74) is 7.95.